The molecule has 0 bridgehead atoms. The molecular weight excluding hydrogens is 426 g/mol. The molecule has 1 aromatic heterocycles. The topological polar surface area (TPSA) is 72.3 Å². The summed E-state index contributed by atoms with van der Waals surface area (Å²) in [4.78, 5) is 14.3. The molecule has 0 radical (unpaired) electrons. The average Bonchev–Trinajstić information content (AvgIpc) is 3.63. The Bertz CT molecular complexity index is 1180. The van der Waals surface area contributed by atoms with Gasteiger partial charge in [-0.15, -0.1) is 5.10 Å². The maximum absolute atomic E-state index is 12.3. The fourth-order valence-electron chi connectivity index (χ4n) is 5.72. The quantitative estimate of drug-likeness (QED) is 0.542. The van der Waals surface area contributed by atoms with Crippen molar-refractivity contribution in [2.45, 2.75) is 57.0 Å². The van der Waals surface area contributed by atoms with Gasteiger partial charge in [0.2, 0.25) is 6.41 Å². The zero-order valence-corrected chi connectivity index (χ0v) is 19.6. The van der Waals surface area contributed by atoms with Crippen LogP contribution in [0.1, 0.15) is 50.6 Å². The van der Waals surface area contributed by atoms with Crippen molar-refractivity contribution in [3.63, 3.8) is 0 Å². The van der Waals surface area contributed by atoms with Crippen LogP contribution in [-0.4, -0.2) is 40.0 Å². The fourth-order valence-corrected chi connectivity index (χ4v) is 5.72. The van der Waals surface area contributed by atoms with Crippen LogP contribution in [0.15, 0.2) is 48.7 Å². The van der Waals surface area contributed by atoms with Crippen LogP contribution in [0.5, 0.6) is 11.5 Å². The molecule has 3 aliphatic rings. The van der Waals surface area contributed by atoms with Crippen molar-refractivity contribution in [2.75, 3.05) is 18.0 Å². The molecule has 7 heteroatoms. The van der Waals surface area contributed by atoms with E-state index in [4.69, 9.17) is 4.74 Å². The maximum Gasteiger partial charge on any atom is 0.214 e. The molecule has 176 valence electrons. The Morgan fingerprint density at radius 2 is 1.88 bits per heavy atom. The Hall–Kier alpha value is -3.19. The second kappa shape index (κ2) is 8.55. The molecule has 3 heterocycles. The summed E-state index contributed by atoms with van der Waals surface area (Å²) < 4.78 is 8.53. The highest BCUT2D eigenvalue weighted by molar-refractivity contribution is 5.85. The first-order chi connectivity index (χ1) is 16.7. The van der Waals surface area contributed by atoms with Gasteiger partial charge in [0.05, 0.1) is 17.9 Å². The Morgan fingerprint density at radius 1 is 1.09 bits per heavy atom. The number of ether oxygens (including phenoxy) is 1. The highest BCUT2D eigenvalue weighted by Gasteiger charge is 2.48. The smallest absolute Gasteiger partial charge is 0.214 e. The third-order valence-corrected chi connectivity index (χ3v) is 7.92. The van der Waals surface area contributed by atoms with Gasteiger partial charge in [-0.3, -0.25) is 4.79 Å². The minimum Gasteiger partial charge on any atom is -0.456 e. The van der Waals surface area contributed by atoms with Crippen molar-refractivity contribution in [3.8, 4) is 22.8 Å². The van der Waals surface area contributed by atoms with Gasteiger partial charge in [0.15, 0.2) is 0 Å². The number of anilines is 1. The van der Waals surface area contributed by atoms with E-state index in [0.717, 1.165) is 79.2 Å². The Kier molecular flexibility index (Phi) is 5.37. The van der Waals surface area contributed by atoms with E-state index < -0.39 is 0 Å². The van der Waals surface area contributed by atoms with Crippen LogP contribution in [0.2, 0.25) is 0 Å². The lowest BCUT2D eigenvalue weighted by molar-refractivity contribution is -0.108. The van der Waals surface area contributed by atoms with Crippen LogP contribution in [0, 0.1) is 5.92 Å². The van der Waals surface area contributed by atoms with Gasteiger partial charge < -0.3 is 15.0 Å². The van der Waals surface area contributed by atoms with Crippen molar-refractivity contribution >= 4 is 12.1 Å². The molecule has 7 nitrogen and oxygen atoms in total. The van der Waals surface area contributed by atoms with Gasteiger partial charge in [0.25, 0.3) is 0 Å². The number of rotatable bonds is 6. The van der Waals surface area contributed by atoms with Crippen molar-refractivity contribution in [1.29, 1.82) is 0 Å². The number of hydrogen-bond donors (Lipinski definition) is 1. The molecule has 2 aliphatic heterocycles. The first-order valence-corrected chi connectivity index (χ1v) is 12.4. The number of carbonyl (C=O) groups is 1. The highest BCUT2D eigenvalue weighted by Crippen LogP contribution is 2.52. The summed E-state index contributed by atoms with van der Waals surface area (Å²) in [5.74, 6) is 2.13. The molecule has 34 heavy (non-hydrogen) atoms. The molecule has 0 spiro atoms. The molecule has 1 N–H and O–H groups in total. The van der Waals surface area contributed by atoms with E-state index in [2.05, 4.69) is 28.6 Å². The average molecular weight is 458 g/mol. The molecular formula is C27H31N5O2. The molecule has 6 rings (SSSR count). The minimum atomic E-state index is -0.127. The highest BCUT2D eigenvalue weighted by atomic mass is 16.5. The zero-order chi connectivity index (χ0) is 23.1. The third kappa shape index (κ3) is 3.68. The third-order valence-electron chi connectivity index (χ3n) is 7.92. The standard InChI is InChI=1S/C27H31N5O2/c1-27(19-7-8-19)14-11-23-25(31(27)18-33)10-9-22(26(23)34-21-5-3-2-4-6-21)24-17-32(30-29-24)20-12-15-28-16-13-20/h2-6,9-10,17-20,28H,7-8,11-16H2,1H3/t27-/m0/s1. The number of nitrogens with one attached hydrogen (secondary N) is 1. The number of para-hydroxylation sites is 1. The van der Waals surface area contributed by atoms with Crippen LogP contribution in [0.25, 0.3) is 11.3 Å². The first kappa shape index (κ1) is 21.4. The SMILES string of the molecule is C[C@@]1(C2CC2)CCc2c(ccc(-c3cn(C4CCNCC4)nn3)c2Oc2ccccc2)N1C=O. The number of hydrogen-bond acceptors (Lipinski definition) is 5. The van der Waals surface area contributed by atoms with E-state index in [9.17, 15) is 4.79 Å². The molecule has 3 aromatic rings. The van der Waals surface area contributed by atoms with E-state index in [1.54, 1.807) is 0 Å². The second-order valence-electron chi connectivity index (χ2n) is 10.0. The summed E-state index contributed by atoms with van der Waals surface area (Å²) in [7, 11) is 0. The predicted molar refractivity (Wildman–Crippen MR) is 131 cm³/mol. The van der Waals surface area contributed by atoms with Gasteiger partial charge in [-0.25, -0.2) is 4.68 Å². The van der Waals surface area contributed by atoms with Crippen molar-refractivity contribution in [2.24, 2.45) is 5.92 Å². The summed E-state index contributed by atoms with van der Waals surface area (Å²) in [6.45, 7) is 4.24. The van der Waals surface area contributed by atoms with Crippen LogP contribution in [0.3, 0.4) is 0 Å². The molecule has 1 saturated heterocycles. The summed E-state index contributed by atoms with van der Waals surface area (Å²) in [6, 6.07) is 14.3. The molecule has 1 atom stereocenters. The van der Waals surface area contributed by atoms with Crippen LogP contribution < -0.4 is 15.0 Å². The first-order valence-electron chi connectivity index (χ1n) is 12.4. The number of nitrogens with zero attached hydrogens (tertiary/aromatic N) is 4. The lowest BCUT2D eigenvalue weighted by Crippen LogP contribution is -2.50. The summed E-state index contributed by atoms with van der Waals surface area (Å²) in [5.41, 5.74) is 3.63. The Balaban J connectivity index is 1.44. The van der Waals surface area contributed by atoms with Gasteiger partial charge in [-0.1, -0.05) is 23.4 Å². The molecule has 2 aromatic carbocycles. The van der Waals surface area contributed by atoms with Gasteiger partial charge in [0.1, 0.15) is 17.2 Å². The number of carbonyl (C=O) groups excluding carboxylic acids is 1. The zero-order valence-electron chi connectivity index (χ0n) is 19.6. The number of aromatic nitrogens is 3. The second-order valence-corrected chi connectivity index (χ2v) is 10.0. The summed E-state index contributed by atoms with van der Waals surface area (Å²) in [5, 5.41) is 12.4. The van der Waals surface area contributed by atoms with E-state index >= 15 is 0 Å². The maximum atomic E-state index is 12.3. The number of piperidine rings is 1. The van der Waals surface area contributed by atoms with Crippen molar-refractivity contribution in [1.82, 2.24) is 20.3 Å². The number of fused-ring (bicyclic) bond motifs is 1. The normalized spacial score (nSPS) is 22.9. The van der Waals surface area contributed by atoms with Crippen molar-refractivity contribution < 1.29 is 9.53 Å². The van der Waals surface area contributed by atoms with E-state index in [-0.39, 0.29) is 5.54 Å². The number of benzene rings is 2. The van der Waals surface area contributed by atoms with Crippen LogP contribution in [-0.2, 0) is 11.2 Å². The molecule has 2 fully saturated rings. The van der Waals surface area contributed by atoms with Gasteiger partial charge >= 0.3 is 0 Å². The summed E-state index contributed by atoms with van der Waals surface area (Å²) in [6.07, 6.45) is 9.34. The fraction of sp³-hybridized carbons (Fsp3) is 0.444. The predicted octanol–water partition coefficient (Wildman–Crippen LogP) is 4.74. The molecule has 1 saturated carbocycles. The summed E-state index contributed by atoms with van der Waals surface area (Å²) >= 11 is 0. The molecule has 0 unspecified atom stereocenters. The Morgan fingerprint density at radius 3 is 2.62 bits per heavy atom. The van der Waals surface area contributed by atoms with Gasteiger partial charge in [0, 0.05) is 16.7 Å². The van der Waals surface area contributed by atoms with Gasteiger partial charge in [-0.05, 0) is 88.7 Å². The molecule has 1 amide bonds. The number of amides is 1. The Labute approximate surface area is 200 Å². The lowest BCUT2D eigenvalue weighted by Gasteiger charge is -2.44. The largest absolute Gasteiger partial charge is 0.456 e. The van der Waals surface area contributed by atoms with E-state index in [0.29, 0.717) is 12.0 Å². The van der Waals surface area contributed by atoms with Crippen LogP contribution >= 0.6 is 0 Å². The monoisotopic (exact) mass is 457 g/mol. The molecule has 1 aliphatic carbocycles. The van der Waals surface area contributed by atoms with E-state index in [1.165, 1.54) is 12.8 Å². The van der Waals surface area contributed by atoms with Crippen LogP contribution in [0.4, 0.5) is 5.69 Å². The van der Waals surface area contributed by atoms with Crippen molar-refractivity contribution in [3.05, 3.63) is 54.2 Å². The minimum absolute atomic E-state index is 0.127. The lowest BCUT2D eigenvalue weighted by atomic mass is 9.81. The van der Waals surface area contributed by atoms with E-state index in [1.807, 2.05) is 52.2 Å². The van der Waals surface area contributed by atoms with Gasteiger partial charge in [-0.2, -0.15) is 0 Å².